The number of carbonyl (C=O) groups is 1. The van der Waals surface area contributed by atoms with Crippen molar-refractivity contribution < 1.29 is 19.7 Å². The first-order valence-corrected chi connectivity index (χ1v) is 9.54. The molecule has 0 spiro atoms. The lowest BCUT2D eigenvalue weighted by atomic mass is 9.78. The van der Waals surface area contributed by atoms with E-state index in [1.54, 1.807) is 13.2 Å². The number of rotatable bonds is 7. The molecule has 0 saturated heterocycles. The van der Waals surface area contributed by atoms with E-state index in [0.717, 1.165) is 23.7 Å². The van der Waals surface area contributed by atoms with E-state index in [-0.39, 0.29) is 18.6 Å². The van der Waals surface area contributed by atoms with Crippen molar-refractivity contribution in [3.05, 3.63) is 35.0 Å². The van der Waals surface area contributed by atoms with E-state index in [4.69, 9.17) is 16.3 Å². The standard InChI is InChI=1S/C20H26ClNO4/c1-26-12-11-22-13-14(19-15(21)5-4-6-16(19)22)17(23)8-10-20(25)9-3-2-7-18(20)24/h4-6,13,18,24-25H,2-3,7-12H2,1H3. The lowest BCUT2D eigenvalue weighted by Crippen LogP contribution is -2.45. The summed E-state index contributed by atoms with van der Waals surface area (Å²) in [4.78, 5) is 12.9. The number of ketones is 1. The number of benzene rings is 1. The van der Waals surface area contributed by atoms with Crippen LogP contribution in [-0.4, -0.2) is 46.0 Å². The van der Waals surface area contributed by atoms with Crippen molar-refractivity contribution in [3.8, 4) is 0 Å². The number of aromatic nitrogens is 1. The zero-order valence-electron chi connectivity index (χ0n) is 15.1. The van der Waals surface area contributed by atoms with Crippen LogP contribution in [0.4, 0.5) is 0 Å². The zero-order valence-corrected chi connectivity index (χ0v) is 15.8. The fourth-order valence-corrected chi connectivity index (χ4v) is 4.13. The van der Waals surface area contributed by atoms with Crippen LogP contribution in [0.3, 0.4) is 0 Å². The number of Topliss-reactive ketones (excluding diaryl/α,β-unsaturated/α-hetero) is 1. The summed E-state index contributed by atoms with van der Waals surface area (Å²) in [5.41, 5.74) is 0.302. The number of halogens is 1. The van der Waals surface area contributed by atoms with Crippen molar-refractivity contribution in [3.63, 3.8) is 0 Å². The second kappa shape index (κ2) is 8.09. The number of methoxy groups -OCH3 is 1. The van der Waals surface area contributed by atoms with Crippen molar-refractivity contribution in [2.75, 3.05) is 13.7 Å². The average molecular weight is 380 g/mol. The molecule has 0 aliphatic heterocycles. The molecule has 0 radical (unpaired) electrons. The van der Waals surface area contributed by atoms with Gasteiger partial charge in [0.1, 0.15) is 0 Å². The van der Waals surface area contributed by atoms with E-state index >= 15 is 0 Å². The van der Waals surface area contributed by atoms with Crippen LogP contribution in [0.1, 0.15) is 48.9 Å². The molecule has 0 amide bonds. The quantitative estimate of drug-likeness (QED) is 0.721. The number of ether oxygens (including phenoxy) is 1. The number of fused-ring (bicyclic) bond motifs is 1. The molecule has 2 atom stereocenters. The molecule has 5 nitrogen and oxygen atoms in total. The normalized spacial score (nSPS) is 23.5. The summed E-state index contributed by atoms with van der Waals surface area (Å²) in [7, 11) is 1.64. The Bertz CT molecular complexity index is 787. The Hall–Kier alpha value is -1.40. The molecular formula is C20H26ClNO4. The van der Waals surface area contributed by atoms with Gasteiger partial charge in [-0.05, 0) is 31.4 Å². The molecule has 1 aromatic carbocycles. The van der Waals surface area contributed by atoms with Gasteiger partial charge < -0.3 is 19.5 Å². The van der Waals surface area contributed by atoms with Crippen molar-refractivity contribution in [2.45, 2.75) is 56.8 Å². The van der Waals surface area contributed by atoms with Gasteiger partial charge in [0.05, 0.1) is 28.9 Å². The summed E-state index contributed by atoms with van der Waals surface area (Å²) in [5.74, 6) is -0.0644. The smallest absolute Gasteiger partial charge is 0.165 e. The first-order chi connectivity index (χ1) is 12.5. The van der Waals surface area contributed by atoms with Crippen LogP contribution < -0.4 is 0 Å². The van der Waals surface area contributed by atoms with Gasteiger partial charge in [0.15, 0.2) is 5.78 Å². The van der Waals surface area contributed by atoms with E-state index in [1.165, 1.54) is 0 Å². The molecule has 1 aliphatic rings. The summed E-state index contributed by atoms with van der Waals surface area (Å²) in [6, 6.07) is 5.58. The highest BCUT2D eigenvalue weighted by Gasteiger charge is 2.38. The third kappa shape index (κ3) is 3.81. The molecule has 1 fully saturated rings. The minimum absolute atomic E-state index is 0.0644. The fraction of sp³-hybridized carbons (Fsp3) is 0.550. The van der Waals surface area contributed by atoms with Crippen LogP contribution in [0.25, 0.3) is 10.9 Å². The topological polar surface area (TPSA) is 71.7 Å². The Kier molecular flexibility index (Phi) is 6.03. The van der Waals surface area contributed by atoms with Crippen LogP contribution in [0.15, 0.2) is 24.4 Å². The number of nitrogens with zero attached hydrogens (tertiary/aromatic N) is 1. The van der Waals surface area contributed by atoms with E-state index < -0.39 is 11.7 Å². The van der Waals surface area contributed by atoms with E-state index in [9.17, 15) is 15.0 Å². The summed E-state index contributed by atoms with van der Waals surface area (Å²) in [6.07, 6.45) is 4.44. The Balaban J connectivity index is 1.83. The molecule has 3 rings (SSSR count). The molecule has 1 aromatic heterocycles. The Labute approximate surface area is 158 Å². The predicted octanol–water partition coefficient (Wildman–Crippen LogP) is 3.57. The van der Waals surface area contributed by atoms with Crippen molar-refractivity contribution in [2.24, 2.45) is 0 Å². The van der Waals surface area contributed by atoms with E-state index in [1.807, 2.05) is 22.9 Å². The summed E-state index contributed by atoms with van der Waals surface area (Å²) in [5, 5.41) is 22.1. The number of aliphatic hydroxyl groups is 2. The van der Waals surface area contributed by atoms with Gasteiger partial charge in [-0.2, -0.15) is 0 Å². The third-order valence-electron chi connectivity index (χ3n) is 5.43. The van der Waals surface area contributed by atoms with Gasteiger partial charge in [-0.25, -0.2) is 0 Å². The maximum absolute atomic E-state index is 12.9. The fourth-order valence-electron chi connectivity index (χ4n) is 3.86. The first kappa shape index (κ1) is 19.4. The Morgan fingerprint density at radius 1 is 1.42 bits per heavy atom. The molecule has 1 saturated carbocycles. The van der Waals surface area contributed by atoms with E-state index in [0.29, 0.717) is 36.6 Å². The Morgan fingerprint density at radius 2 is 2.23 bits per heavy atom. The molecule has 0 bridgehead atoms. The molecule has 26 heavy (non-hydrogen) atoms. The van der Waals surface area contributed by atoms with Crippen LogP contribution >= 0.6 is 11.6 Å². The van der Waals surface area contributed by atoms with Crippen LogP contribution in [0.5, 0.6) is 0 Å². The van der Waals surface area contributed by atoms with Gasteiger partial charge >= 0.3 is 0 Å². The SMILES string of the molecule is COCCn1cc(C(=O)CCC2(O)CCCCC2O)c2c(Cl)cccc21. The number of carbonyl (C=O) groups excluding carboxylic acids is 1. The first-order valence-electron chi connectivity index (χ1n) is 9.16. The maximum atomic E-state index is 12.9. The minimum Gasteiger partial charge on any atom is -0.390 e. The highest BCUT2D eigenvalue weighted by Crippen LogP contribution is 2.34. The van der Waals surface area contributed by atoms with Crippen molar-refractivity contribution in [1.82, 2.24) is 4.57 Å². The van der Waals surface area contributed by atoms with Gasteiger partial charge in [-0.3, -0.25) is 4.79 Å². The Morgan fingerprint density at radius 3 is 2.96 bits per heavy atom. The van der Waals surface area contributed by atoms with Crippen molar-refractivity contribution in [1.29, 1.82) is 0 Å². The third-order valence-corrected chi connectivity index (χ3v) is 5.75. The number of hydrogen-bond acceptors (Lipinski definition) is 4. The van der Waals surface area contributed by atoms with E-state index in [2.05, 4.69) is 0 Å². The number of hydrogen-bond donors (Lipinski definition) is 2. The van der Waals surface area contributed by atoms with Gasteiger partial charge in [0.2, 0.25) is 0 Å². The second-order valence-corrected chi connectivity index (χ2v) is 7.56. The molecule has 2 N–H and O–H groups in total. The largest absolute Gasteiger partial charge is 0.390 e. The van der Waals surface area contributed by atoms with Gasteiger partial charge in [0.25, 0.3) is 0 Å². The highest BCUT2D eigenvalue weighted by molar-refractivity contribution is 6.37. The molecule has 2 aromatic rings. The zero-order chi connectivity index (χ0) is 18.7. The van der Waals surface area contributed by atoms with Crippen LogP contribution in [0.2, 0.25) is 5.02 Å². The molecule has 142 valence electrons. The molecular weight excluding hydrogens is 354 g/mol. The van der Waals surface area contributed by atoms with Crippen molar-refractivity contribution >= 4 is 28.3 Å². The summed E-state index contributed by atoms with van der Waals surface area (Å²) in [6.45, 7) is 1.17. The minimum atomic E-state index is -1.16. The summed E-state index contributed by atoms with van der Waals surface area (Å²) < 4.78 is 7.12. The molecule has 1 heterocycles. The molecule has 1 aliphatic carbocycles. The maximum Gasteiger partial charge on any atom is 0.165 e. The number of aliphatic hydroxyl groups excluding tert-OH is 1. The molecule has 6 heteroatoms. The van der Waals surface area contributed by atoms with Gasteiger partial charge in [-0.15, -0.1) is 0 Å². The molecule has 2 unspecified atom stereocenters. The lowest BCUT2D eigenvalue weighted by molar-refractivity contribution is -0.104. The van der Waals surface area contributed by atoms with Crippen LogP contribution in [0, 0.1) is 0 Å². The van der Waals surface area contributed by atoms with Crippen LogP contribution in [-0.2, 0) is 11.3 Å². The van der Waals surface area contributed by atoms with Gasteiger partial charge in [0, 0.05) is 37.2 Å². The lowest BCUT2D eigenvalue weighted by Gasteiger charge is -2.36. The predicted molar refractivity (Wildman–Crippen MR) is 102 cm³/mol. The second-order valence-electron chi connectivity index (χ2n) is 7.15. The monoisotopic (exact) mass is 379 g/mol. The summed E-state index contributed by atoms with van der Waals surface area (Å²) >= 11 is 6.37. The average Bonchev–Trinajstić information content (AvgIpc) is 3.01. The highest BCUT2D eigenvalue weighted by atomic mass is 35.5. The van der Waals surface area contributed by atoms with Gasteiger partial charge in [-0.1, -0.05) is 30.5 Å².